The van der Waals surface area contributed by atoms with Crippen LogP contribution in [0.2, 0.25) is 0 Å². The summed E-state index contributed by atoms with van der Waals surface area (Å²) in [6, 6.07) is 14.2. The standard InChI is InChI=1S/C25H30N2O3/c1-17-4-6-20(7-5-17)8-11-24(29)26-23-10-9-21-12-13-27(16-22(21)15-23)25(30)18(2)14-19(3)28/h4-7,9-10,15,18H,8,11-14,16H2,1-3H3,(H,26,29)/t18-/m0/s1. The molecule has 1 aliphatic heterocycles. The fraction of sp³-hybridized carbons (Fsp3) is 0.400. The Bertz CT molecular complexity index is 934. The monoisotopic (exact) mass is 406 g/mol. The lowest BCUT2D eigenvalue weighted by Crippen LogP contribution is -2.39. The minimum Gasteiger partial charge on any atom is -0.338 e. The van der Waals surface area contributed by atoms with E-state index in [-0.39, 0.29) is 29.9 Å². The molecular formula is C25H30N2O3. The van der Waals surface area contributed by atoms with Crippen LogP contribution in [0.1, 0.15) is 48.9 Å². The number of aryl methyl sites for hydroxylation is 2. The maximum Gasteiger partial charge on any atom is 0.226 e. The van der Waals surface area contributed by atoms with Crippen molar-refractivity contribution in [2.75, 3.05) is 11.9 Å². The lowest BCUT2D eigenvalue weighted by atomic mass is 9.96. The average Bonchev–Trinajstić information content (AvgIpc) is 2.71. The van der Waals surface area contributed by atoms with Gasteiger partial charge in [-0.15, -0.1) is 0 Å². The minimum atomic E-state index is -0.297. The van der Waals surface area contributed by atoms with Crippen LogP contribution in [0.4, 0.5) is 5.69 Å². The zero-order chi connectivity index (χ0) is 21.7. The molecule has 1 aliphatic rings. The summed E-state index contributed by atoms with van der Waals surface area (Å²) in [6.07, 6.45) is 2.19. The zero-order valence-corrected chi connectivity index (χ0v) is 18.0. The van der Waals surface area contributed by atoms with Gasteiger partial charge in [-0.2, -0.15) is 0 Å². The van der Waals surface area contributed by atoms with Crippen LogP contribution < -0.4 is 5.32 Å². The topological polar surface area (TPSA) is 66.5 Å². The molecule has 1 atom stereocenters. The van der Waals surface area contributed by atoms with Gasteiger partial charge in [0.1, 0.15) is 5.78 Å². The molecule has 0 fully saturated rings. The molecule has 0 unspecified atom stereocenters. The van der Waals surface area contributed by atoms with E-state index in [1.807, 2.05) is 36.9 Å². The predicted octanol–water partition coefficient (Wildman–Crippen LogP) is 4.07. The van der Waals surface area contributed by atoms with Crippen LogP contribution in [0.25, 0.3) is 0 Å². The predicted molar refractivity (Wildman–Crippen MR) is 118 cm³/mol. The van der Waals surface area contributed by atoms with Gasteiger partial charge in [0.25, 0.3) is 0 Å². The summed E-state index contributed by atoms with van der Waals surface area (Å²) in [6.45, 7) is 6.55. The van der Waals surface area contributed by atoms with Crippen LogP contribution >= 0.6 is 0 Å². The number of fused-ring (bicyclic) bond motifs is 1. The van der Waals surface area contributed by atoms with Gasteiger partial charge >= 0.3 is 0 Å². The summed E-state index contributed by atoms with van der Waals surface area (Å²) in [5.41, 5.74) is 5.38. The second-order valence-electron chi connectivity index (χ2n) is 8.33. The van der Waals surface area contributed by atoms with E-state index >= 15 is 0 Å². The highest BCUT2D eigenvalue weighted by Gasteiger charge is 2.25. The molecule has 0 bridgehead atoms. The van der Waals surface area contributed by atoms with Crippen LogP contribution in [-0.2, 0) is 33.8 Å². The number of hydrogen-bond donors (Lipinski definition) is 1. The van der Waals surface area contributed by atoms with Crippen molar-refractivity contribution >= 4 is 23.3 Å². The molecule has 158 valence electrons. The van der Waals surface area contributed by atoms with E-state index < -0.39 is 0 Å². The highest BCUT2D eigenvalue weighted by Crippen LogP contribution is 2.24. The Morgan fingerprint density at radius 2 is 1.80 bits per heavy atom. The first-order valence-corrected chi connectivity index (χ1v) is 10.6. The number of benzene rings is 2. The smallest absolute Gasteiger partial charge is 0.226 e. The Morgan fingerprint density at radius 1 is 1.07 bits per heavy atom. The van der Waals surface area contributed by atoms with Gasteiger partial charge < -0.3 is 15.0 Å². The molecule has 5 heteroatoms. The van der Waals surface area contributed by atoms with Gasteiger partial charge in [0.2, 0.25) is 11.8 Å². The Hall–Kier alpha value is -2.95. The van der Waals surface area contributed by atoms with Gasteiger partial charge in [-0.25, -0.2) is 0 Å². The number of anilines is 1. The van der Waals surface area contributed by atoms with Crippen molar-refractivity contribution in [2.24, 2.45) is 5.92 Å². The number of rotatable bonds is 7. The Morgan fingerprint density at radius 3 is 2.50 bits per heavy atom. The van der Waals surface area contributed by atoms with E-state index in [9.17, 15) is 14.4 Å². The fourth-order valence-electron chi connectivity index (χ4n) is 3.89. The molecule has 2 amide bonds. The van der Waals surface area contributed by atoms with Crippen LogP contribution in [0, 0.1) is 12.8 Å². The molecule has 0 aromatic heterocycles. The van der Waals surface area contributed by atoms with Crippen LogP contribution in [-0.4, -0.2) is 29.0 Å². The van der Waals surface area contributed by atoms with Gasteiger partial charge in [-0.1, -0.05) is 42.8 Å². The van der Waals surface area contributed by atoms with Crippen molar-refractivity contribution in [1.82, 2.24) is 4.90 Å². The third-order valence-corrected chi connectivity index (χ3v) is 5.59. The first-order valence-electron chi connectivity index (χ1n) is 10.6. The van der Waals surface area contributed by atoms with Crippen molar-refractivity contribution < 1.29 is 14.4 Å². The number of carbonyl (C=O) groups is 3. The molecule has 5 nitrogen and oxygen atoms in total. The number of nitrogens with one attached hydrogen (secondary N) is 1. The summed E-state index contributed by atoms with van der Waals surface area (Å²) < 4.78 is 0. The Balaban J connectivity index is 1.58. The number of amides is 2. The number of Topliss-reactive ketones (excluding diaryl/α,β-unsaturated/α-hetero) is 1. The Kier molecular flexibility index (Phi) is 7.03. The maximum atomic E-state index is 12.7. The summed E-state index contributed by atoms with van der Waals surface area (Å²) in [7, 11) is 0. The van der Waals surface area contributed by atoms with Gasteiger partial charge in [-0.3, -0.25) is 9.59 Å². The fourth-order valence-corrected chi connectivity index (χ4v) is 3.89. The average molecular weight is 407 g/mol. The quantitative estimate of drug-likeness (QED) is 0.754. The molecule has 1 N–H and O–H groups in total. The number of hydrogen-bond acceptors (Lipinski definition) is 3. The molecule has 0 radical (unpaired) electrons. The molecule has 0 saturated carbocycles. The molecular weight excluding hydrogens is 376 g/mol. The van der Waals surface area contributed by atoms with Crippen molar-refractivity contribution in [3.63, 3.8) is 0 Å². The number of carbonyl (C=O) groups excluding carboxylic acids is 3. The first-order chi connectivity index (χ1) is 14.3. The van der Waals surface area contributed by atoms with E-state index in [1.54, 1.807) is 0 Å². The molecule has 0 aliphatic carbocycles. The number of nitrogens with zero attached hydrogens (tertiary/aromatic N) is 1. The molecule has 2 aromatic rings. The minimum absolute atomic E-state index is 0.0170. The third kappa shape index (κ3) is 5.78. The van der Waals surface area contributed by atoms with E-state index in [1.165, 1.54) is 18.1 Å². The van der Waals surface area contributed by atoms with E-state index in [4.69, 9.17) is 0 Å². The largest absolute Gasteiger partial charge is 0.338 e. The van der Waals surface area contributed by atoms with Crippen molar-refractivity contribution in [2.45, 2.75) is 53.0 Å². The maximum absolute atomic E-state index is 12.7. The summed E-state index contributed by atoms with van der Waals surface area (Å²) in [4.78, 5) is 38.2. The second-order valence-corrected chi connectivity index (χ2v) is 8.33. The summed E-state index contributed by atoms with van der Waals surface area (Å²) in [5, 5.41) is 2.98. The van der Waals surface area contributed by atoms with Crippen LogP contribution in [0.5, 0.6) is 0 Å². The Labute approximate surface area is 178 Å². The zero-order valence-electron chi connectivity index (χ0n) is 18.0. The van der Waals surface area contributed by atoms with Gasteiger partial charge in [0.15, 0.2) is 0 Å². The normalized spacial score (nSPS) is 14.0. The van der Waals surface area contributed by atoms with Crippen LogP contribution in [0.3, 0.4) is 0 Å². The lowest BCUT2D eigenvalue weighted by molar-refractivity contribution is -0.138. The first kappa shape index (κ1) is 21.8. The number of ketones is 1. The summed E-state index contributed by atoms with van der Waals surface area (Å²) >= 11 is 0. The lowest BCUT2D eigenvalue weighted by Gasteiger charge is -2.31. The van der Waals surface area contributed by atoms with Crippen molar-refractivity contribution in [3.05, 3.63) is 64.7 Å². The second kappa shape index (κ2) is 9.70. The van der Waals surface area contributed by atoms with Gasteiger partial charge in [0, 0.05) is 37.5 Å². The third-order valence-electron chi connectivity index (χ3n) is 5.59. The van der Waals surface area contributed by atoms with Crippen LogP contribution in [0.15, 0.2) is 42.5 Å². The molecule has 0 saturated heterocycles. The van der Waals surface area contributed by atoms with Crippen molar-refractivity contribution in [3.8, 4) is 0 Å². The van der Waals surface area contributed by atoms with E-state index in [0.717, 1.165) is 23.2 Å². The van der Waals surface area contributed by atoms with Gasteiger partial charge in [-0.05, 0) is 55.5 Å². The molecule has 30 heavy (non-hydrogen) atoms. The summed E-state index contributed by atoms with van der Waals surface area (Å²) in [5.74, 6) is -0.268. The molecule has 3 rings (SSSR count). The van der Waals surface area contributed by atoms with E-state index in [2.05, 4.69) is 29.6 Å². The molecule has 1 heterocycles. The van der Waals surface area contributed by atoms with Crippen molar-refractivity contribution in [1.29, 1.82) is 0 Å². The highest BCUT2D eigenvalue weighted by atomic mass is 16.2. The van der Waals surface area contributed by atoms with E-state index in [0.29, 0.717) is 25.9 Å². The highest BCUT2D eigenvalue weighted by molar-refractivity contribution is 5.91. The molecule has 2 aromatic carbocycles. The van der Waals surface area contributed by atoms with Gasteiger partial charge in [0.05, 0.1) is 0 Å². The SMILES string of the molecule is CC(=O)C[C@H](C)C(=O)N1CCc2ccc(NC(=O)CCc3ccc(C)cc3)cc2C1. The molecule has 0 spiro atoms.